The number of hydrogen-bond acceptors (Lipinski definition) is 4. The van der Waals surface area contributed by atoms with Crippen molar-refractivity contribution in [1.82, 2.24) is 4.90 Å². The number of para-hydroxylation sites is 2. The van der Waals surface area contributed by atoms with E-state index in [2.05, 4.69) is 17.1 Å². The SMILES string of the molecule is COc1ccccc1NC(=O)CN1CCC(N)CC1C. The number of rotatable bonds is 4. The molecule has 0 spiro atoms. The molecule has 0 saturated carbocycles. The van der Waals surface area contributed by atoms with Gasteiger partial charge in [-0.3, -0.25) is 9.69 Å². The molecule has 0 aliphatic carbocycles. The first-order chi connectivity index (χ1) is 9.60. The standard InChI is InChI=1S/C15H23N3O2/c1-11-9-12(16)7-8-18(11)10-15(19)17-13-5-3-4-6-14(13)20-2/h3-6,11-12H,7-10,16H2,1-2H3,(H,17,19). The van der Waals surface area contributed by atoms with Crippen LogP contribution in [0.25, 0.3) is 0 Å². The van der Waals surface area contributed by atoms with Gasteiger partial charge in [0.15, 0.2) is 0 Å². The van der Waals surface area contributed by atoms with Crippen LogP contribution < -0.4 is 15.8 Å². The fraction of sp³-hybridized carbons (Fsp3) is 0.533. The van der Waals surface area contributed by atoms with E-state index in [0.29, 0.717) is 24.0 Å². The van der Waals surface area contributed by atoms with Crippen molar-refractivity contribution in [2.45, 2.75) is 31.8 Å². The van der Waals surface area contributed by atoms with Crippen LogP contribution in [0.2, 0.25) is 0 Å². The number of carbonyl (C=O) groups excluding carboxylic acids is 1. The van der Waals surface area contributed by atoms with Crippen LogP contribution in [0.5, 0.6) is 5.75 Å². The van der Waals surface area contributed by atoms with Gasteiger partial charge in [-0.15, -0.1) is 0 Å². The number of anilines is 1. The van der Waals surface area contributed by atoms with Crippen LogP contribution in [-0.4, -0.2) is 43.1 Å². The average Bonchev–Trinajstić information content (AvgIpc) is 2.42. The summed E-state index contributed by atoms with van der Waals surface area (Å²) in [5.41, 5.74) is 6.65. The Morgan fingerprint density at radius 1 is 1.50 bits per heavy atom. The molecule has 2 atom stereocenters. The molecule has 2 rings (SSSR count). The van der Waals surface area contributed by atoms with Crippen LogP contribution in [0, 0.1) is 0 Å². The topological polar surface area (TPSA) is 67.6 Å². The van der Waals surface area contributed by atoms with Crippen molar-refractivity contribution in [3.63, 3.8) is 0 Å². The van der Waals surface area contributed by atoms with Crippen LogP contribution >= 0.6 is 0 Å². The zero-order valence-electron chi connectivity index (χ0n) is 12.1. The highest BCUT2D eigenvalue weighted by molar-refractivity contribution is 5.93. The molecular weight excluding hydrogens is 254 g/mol. The number of piperidine rings is 1. The molecule has 1 heterocycles. The largest absolute Gasteiger partial charge is 0.495 e. The van der Waals surface area contributed by atoms with Gasteiger partial charge in [0.05, 0.1) is 19.3 Å². The summed E-state index contributed by atoms with van der Waals surface area (Å²) in [7, 11) is 1.60. The summed E-state index contributed by atoms with van der Waals surface area (Å²) in [5, 5.41) is 2.90. The lowest BCUT2D eigenvalue weighted by atomic mass is 9.99. The lowest BCUT2D eigenvalue weighted by Gasteiger charge is -2.35. The normalized spacial score (nSPS) is 23.4. The predicted molar refractivity (Wildman–Crippen MR) is 79.9 cm³/mol. The van der Waals surface area contributed by atoms with Crippen molar-refractivity contribution in [2.75, 3.05) is 25.5 Å². The number of nitrogens with one attached hydrogen (secondary N) is 1. The van der Waals surface area contributed by atoms with E-state index >= 15 is 0 Å². The fourth-order valence-electron chi connectivity index (χ4n) is 2.61. The molecular formula is C15H23N3O2. The van der Waals surface area contributed by atoms with Crippen molar-refractivity contribution in [1.29, 1.82) is 0 Å². The molecule has 5 heteroatoms. The van der Waals surface area contributed by atoms with Crippen LogP contribution in [-0.2, 0) is 4.79 Å². The second-order valence-electron chi connectivity index (χ2n) is 5.35. The van der Waals surface area contributed by atoms with Gasteiger partial charge < -0.3 is 15.8 Å². The van der Waals surface area contributed by atoms with Crippen molar-refractivity contribution in [3.8, 4) is 5.75 Å². The molecule has 3 N–H and O–H groups in total. The summed E-state index contributed by atoms with van der Waals surface area (Å²) >= 11 is 0. The van der Waals surface area contributed by atoms with Gasteiger partial charge >= 0.3 is 0 Å². The van der Waals surface area contributed by atoms with Crippen molar-refractivity contribution in [3.05, 3.63) is 24.3 Å². The van der Waals surface area contributed by atoms with Gasteiger partial charge in [0.1, 0.15) is 5.75 Å². The minimum atomic E-state index is -0.0168. The molecule has 1 saturated heterocycles. The third-order valence-corrected chi connectivity index (χ3v) is 3.78. The van der Waals surface area contributed by atoms with E-state index in [9.17, 15) is 4.79 Å². The van der Waals surface area contributed by atoms with Crippen LogP contribution in [0.4, 0.5) is 5.69 Å². The monoisotopic (exact) mass is 277 g/mol. The number of carbonyl (C=O) groups is 1. The minimum absolute atomic E-state index is 0.0168. The number of ether oxygens (including phenoxy) is 1. The maximum absolute atomic E-state index is 12.1. The van der Waals surface area contributed by atoms with E-state index in [1.807, 2.05) is 24.3 Å². The molecule has 0 radical (unpaired) electrons. The Kier molecular flexibility index (Phi) is 4.98. The maximum atomic E-state index is 12.1. The highest BCUT2D eigenvalue weighted by Crippen LogP contribution is 2.23. The number of nitrogens with zero attached hydrogens (tertiary/aromatic N) is 1. The van der Waals surface area contributed by atoms with Gasteiger partial charge in [-0.1, -0.05) is 12.1 Å². The van der Waals surface area contributed by atoms with E-state index in [4.69, 9.17) is 10.5 Å². The molecule has 0 aromatic heterocycles. The molecule has 1 aromatic rings. The highest BCUT2D eigenvalue weighted by Gasteiger charge is 2.24. The molecule has 1 aliphatic rings. The van der Waals surface area contributed by atoms with Gasteiger partial charge in [0, 0.05) is 18.6 Å². The summed E-state index contributed by atoms with van der Waals surface area (Å²) in [6.45, 7) is 3.39. The number of hydrogen-bond donors (Lipinski definition) is 2. The maximum Gasteiger partial charge on any atom is 0.238 e. The van der Waals surface area contributed by atoms with Gasteiger partial charge in [0.25, 0.3) is 0 Å². The van der Waals surface area contributed by atoms with Crippen LogP contribution in [0.15, 0.2) is 24.3 Å². The first-order valence-electron chi connectivity index (χ1n) is 7.02. The number of benzene rings is 1. The summed E-state index contributed by atoms with van der Waals surface area (Å²) < 4.78 is 5.23. The van der Waals surface area contributed by atoms with E-state index < -0.39 is 0 Å². The minimum Gasteiger partial charge on any atom is -0.495 e. The first-order valence-corrected chi connectivity index (χ1v) is 7.02. The van der Waals surface area contributed by atoms with E-state index in [0.717, 1.165) is 19.4 Å². The Morgan fingerprint density at radius 2 is 2.25 bits per heavy atom. The summed E-state index contributed by atoms with van der Waals surface area (Å²) in [6, 6.07) is 8.04. The second kappa shape index (κ2) is 6.72. The summed E-state index contributed by atoms with van der Waals surface area (Å²) in [5.74, 6) is 0.659. The summed E-state index contributed by atoms with van der Waals surface area (Å²) in [6.07, 6.45) is 1.90. The summed E-state index contributed by atoms with van der Waals surface area (Å²) in [4.78, 5) is 14.3. The van der Waals surface area contributed by atoms with E-state index in [1.165, 1.54) is 0 Å². The molecule has 1 aromatic carbocycles. The second-order valence-corrected chi connectivity index (χ2v) is 5.35. The van der Waals surface area contributed by atoms with E-state index in [-0.39, 0.29) is 11.9 Å². The Hall–Kier alpha value is -1.59. The highest BCUT2D eigenvalue weighted by atomic mass is 16.5. The zero-order valence-corrected chi connectivity index (χ0v) is 12.1. The molecule has 20 heavy (non-hydrogen) atoms. The van der Waals surface area contributed by atoms with Gasteiger partial charge in [-0.05, 0) is 31.9 Å². The van der Waals surface area contributed by atoms with Crippen LogP contribution in [0.1, 0.15) is 19.8 Å². The van der Waals surface area contributed by atoms with Crippen molar-refractivity contribution in [2.24, 2.45) is 5.73 Å². The number of likely N-dealkylation sites (tertiary alicyclic amines) is 1. The Labute approximate surface area is 120 Å². The molecule has 1 aliphatic heterocycles. The molecule has 110 valence electrons. The third-order valence-electron chi connectivity index (χ3n) is 3.78. The first kappa shape index (κ1) is 14.8. The number of amides is 1. The molecule has 5 nitrogen and oxygen atoms in total. The van der Waals surface area contributed by atoms with Gasteiger partial charge in [-0.2, -0.15) is 0 Å². The lowest BCUT2D eigenvalue weighted by Crippen LogP contribution is -2.48. The van der Waals surface area contributed by atoms with Gasteiger partial charge in [0.2, 0.25) is 5.91 Å². The Bertz CT molecular complexity index is 464. The third kappa shape index (κ3) is 3.71. The van der Waals surface area contributed by atoms with Crippen LogP contribution in [0.3, 0.4) is 0 Å². The molecule has 1 amide bonds. The molecule has 2 unspecified atom stereocenters. The van der Waals surface area contributed by atoms with Crippen molar-refractivity contribution < 1.29 is 9.53 Å². The lowest BCUT2D eigenvalue weighted by molar-refractivity contribution is -0.118. The molecule has 1 fully saturated rings. The predicted octanol–water partition coefficient (Wildman–Crippen LogP) is 1.45. The quantitative estimate of drug-likeness (QED) is 0.874. The number of nitrogens with two attached hydrogens (primary N) is 1. The Balaban J connectivity index is 1.92. The molecule has 0 bridgehead atoms. The van der Waals surface area contributed by atoms with Crippen molar-refractivity contribution >= 4 is 11.6 Å². The zero-order chi connectivity index (χ0) is 14.5. The Morgan fingerprint density at radius 3 is 2.95 bits per heavy atom. The van der Waals surface area contributed by atoms with E-state index in [1.54, 1.807) is 7.11 Å². The number of methoxy groups -OCH3 is 1. The van der Waals surface area contributed by atoms with Gasteiger partial charge in [-0.25, -0.2) is 0 Å². The average molecular weight is 277 g/mol. The smallest absolute Gasteiger partial charge is 0.238 e. The fourth-order valence-corrected chi connectivity index (χ4v) is 2.61.